The predicted molar refractivity (Wildman–Crippen MR) is 108 cm³/mol. The molecule has 0 saturated carbocycles. The summed E-state index contributed by atoms with van der Waals surface area (Å²) in [7, 11) is 0. The molecule has 8 heteroatoms. The van der Waals surface area contributed by atoms with Crippen molar-refractivity contribution >= 4 is 33.8 Å². The quantitative estimate of drug-likeness (QED) is 0.419. The number of hydrogen-bond acceptors (Lipinski definition) is 6. The Morgan fingerprint density at radius 3 is 2.75 bits per heavy atom. The molecular weight excluding hydrogens is 378 g/mol. The highest BCUT2D eigenvalue weighted by Crippen LogP contribution is 2.32. The lowest BCUT2D eigenvalue weighted by molar-refractivity contribution is -0.384. The molecule has 7 nitrogen and oxygen atoms in total. The second-order valence-electron chi connectivity index (χ2n) is 6.00. The predicted octanol–water partition coefficient (Wildman–Crippen LogP) is 4.88. The van der Waals surface area contributed by atoms with Gasteiger partial charge in [-0.3, -0.25) is 19.8 Å². The third-order valence-electron chi connectivity index (χ3n) is 4.07. The first-order valence-electron chi connectivity index (χ1n) is 8.70. The van der Waals surface area contributed by atoms with Crippen LogP contribution in [0.25, 0.3) is 0 Å². The van der Waals surface area contributed by atoms with Crippen LogP contribution in [0.4, 0.5) is 16.5 Å². The fourth-order valence-electron chi connectivity index (χ4n) is 2.74. The number of aromatic nitrogens is 1. The van der Waals surface area contributed by atoms with Gasteiger partial charge in [0, 0.05) is 18.4 Å². The molecule has 0 spiro atoms. The van der Waals surface area contributed by atoms with Crippen molar-refractivity contribution in [1.29, 1.82) is 0 Å². The second kappa shape index (κ2) is 8.62. The normalized spacial score (nSPS) is 10.5. The van der Waals surface area contributed by atoms with Gasteiger partial charge in [0.15, 0.2) is 5.13 Å². The van der Waals surface area contributed by atoms with E-state index in [2.05, 4.69) is 4.98 Å². The highest BCUT2D eigenvalue weighted by molar-refractivity contribution is 7.14. The Morgan fingerprint density at radius 1 is 1.25 bits per heavy atom. The highest BCUT2D eigenvalue weighted by Gasteiger charge is 2.20. The maximum absolute atomic E-state index is 12.3. The first kappa shape index (κ1) is 19.5. The van der Waals surface area contributed by atoms with Crippen LogP contribution >= 0.6 is 11.3 Å². The van der Waals surface area contributed by atoms with E-state index in [1.54, 1.807) is 17.0 Å². The number of carbonyl (C=O) groups is 1. The van der Waals surface area contributed by atoms with Gasteiger partial charge in [-0.05, 0) is 24.1 Å². The van der Waals surface area contributed by atoms with E-state index in [-0.39, 0.29) is 18.2 Å². The summed E-state index contributed by atoms with van der Waals surface area (Å²) in [5.74, 6) is 0.268. The molecule has 1 aromatic heterocycles. The van der Waals surface area contributed by atoms with Crippen molar-refractivity contribution in [3.8, 4) is 5.75 Å². The van der Waals surface area contributed by atoms with Gasteiger partial charge >= 0.3 is 0 Å². The van der Waals surface area contributed by atoms with E-state index in [4.69, 9.17) is 4.74 Å². The summed E-state index contributed by atoms with van der Waals surface area (Å²) >= 11 is 1.35. The number of anilines is 2. The highest BCUT2D eigenvalue weighted by atomic mass is 32.1. The molecule has 1 amide bonds. The number of para-hydroxylation sites is 1. The largest absolute Gasteiger partial charge is 0.487 e. The van der Waals surface area contributed by atoms with Crippen LogP contribution in [0.1, 0.15) is 25.1 Å². The Hall–Kier alpha value is -3.26. The molecule has 2 aromatic carbocycles. The third kappa shape index (κ3) is 4.34. The molecule has 144 valence electrons. The molecule has 0 atom stereocenters. The second-order valence-corrected chi connectivity index (χ2v) is 6.84. The number of nitrogens with zero attached hydrogens (tertiary/aromatic N) is 3. The zero-order chi connectivity index (χ0) is 20.1. The Morgan fingerprint density at radius 2 is 2.04 bits per heavy atom. The molecule has 28 heavy (non-hydrogen) atoms. The van der Waals surface area contributed by atoms with Crippen LogP contribution in [-0.2, 0) is 17.8 Å². The molecule has 0 aliphatic rings. The lowest BCUT2D eigenvalue weighted by Gasteiger charge is -2.20. The molecule has 0 unspecified atom stereocenters. The molecule has 0 radical (unpaired) electrons. The molecule has 0 saturated heterocycles. The number of hydrogen-bond donors (Lipinski definition) is 0. The number of rotatable bonds is 7. The van der Waals surface area contributed by atoms with Crippen LogP contribution in [0, 0.1) is 10.1 Å². The number of benzene rings is 2. The van der Waals surface area contributed by atoms with Crippen molar-refractivity contribution in [2.45, 2.75) is 26.9 Å². The third-order valence-corrected chi connectivity index (χ3v) is 4.95. The molecule has 3 rings (SSSR count). The van der Waals surface area contributed by atoms with Gasteiger partial charge in [-0.2, -0.15) is 0 Å². The fraction of sp³-hybridized carbons (Fsp3) is 0.200. The van der Waals surface area contributed by atoms with Crippen molar-refractivity contribution < 1.29 is 14.5 Å². The molecule has 0 N–H and O–H groups in total. The van der Waals surface area contributed by atoms with E-state index in [0.717, 1.165) is 17.7 Å². The van der Waals surface area contributed by atoms with Crippen LogP contribution in [-0.4, -0.2) is 15.8 Å². The first-order chi connectivity index (χ1) is 13.5. The number of carbonyl (C=O) groups excluding carboxylic acids is 1. The minimum atomic E-state index is -0.469. The van der Waals surface area contributed by atoms with Crippen LogP contribution in [0.3, 0.4) is 0 Å². The van der Waals surface area contributed by atoms with Gasteiger partial charge in [-0.1, -0.05) is 31.2 Å². The SMILES string of the molecule is CCc1ccccc1N(C(C)=O)c1nc(COc2cccc([N+](=O)[O-])c2)cs1. The van der Waals surface area contributed by atoms with Gasteiger partial charge < -0.3 is 4.74 Å². The lowest BCUT2D eigenvalue weighted by Crippen LogP contribution is -2.23. The van der Waals surface area contributed by atoms with Crippen LogP contribution < -0.4 is 9.64 Å². The number of thiazole rings is 1. The maximum atomic E-state index is 12.3. The van der Waals surface area contributed by atoms with Crippen LogP contribution in [0.5, 0.6) is 5.75 Å². The standard InChI is InChI=1S/C20H19N3O4S/c1-3-15-7-4-5-10-19(15)22(14(2)24)20-21-16(13-28-20)12-27-18-9-6-8-17(11-18)23(25)26/h4-11,13H,3,12H2,1-2H3. The van der Waals surface area contributed by atoms with E-state index in [0.29, 0.717) is 16.6 Å². The number of non-ortho nitro benzene ring substituents is 1. The first-order valence-corrected chi connectivity index (χ1v) is 9.57. The van der Waals surface area contributed by atoms with Crippen molar-refractivity contribution in [2.24, 2.45) is 0 Å². The summed E-state index contributed by atoms with van der Waals surface area (Å²) in [5.41, 5.74) is 2.49. The minimum absolute atomic E-state index is 0.0320. The number of ether oxygens (including phenoxy) is 1. The Bertz CT molecular complexity index is 1000. The lowest BCUT2D eigenvalue weighted by atomic mass is 10.1. The van der Waals surface area contributed by atoms with Crippen molar-refractivity contribution in [1.82, 2.24) is 4.98 Å². The molecule has 0 bridgehead atoms. The molecule has 0 aliphatic heterocycles. The van der Waals surface area contributed by atoms with Gasteiger partial charge in [0.2, 0.25) is 5.91 Å². The molecule has 0 fully saturated rings. The monoisotopic (exact) mass is 397 g/mol. The van der Waals surface area contributed by atoms with Gasteiger partial charge in [0.25, 0.3) is 5.69 Å². The zero-order valence-corrected chi connectivity index (χ0v) is 16.3. The summed E-state index contributed by atoms with van der Waals surface area (Å²) in [6.45, 7) is 3.70. The van der Waals surface area contributed by atoms with Crippen LogP contribution in [0.2, 0.25) is 0 Å². The summed E-state index contributed by atoms with van der Waals surface area (Å²) in [6, 6.07) is 13.7. The van der Waals surface area contributed by atoms with E-state index < -0.39 is 4.92 Å². The van der Waals surface area contributed by atoms with E-state index in [1.807, 2.05) is 36.6 Å². The van der Waals surface area contributed by atoms with Gasteiger partial charge in [0.05, 0.1) is 22.4 Å². The van der Waals surface area contributed by atoms with E-state index in [9.17, 15) is 14.9 Å². The molecule has 0 aliphatic carbocycles. The molecular formula is C20H19N3O4S. The van der Waals surface area contributed by atoms with Gasteiger partial charge in [0.1, 0.15) is 12.4 Å². The summed E-state index contributed by atoms with van der Waals surface area (Å²) in [6.07, 6.45) is 0.800. The van der Waals surface area contributed by atoms with Gasteiger partial charge in [-0.25, -0.2) is 4.98 Å². The average Bonchev–Trinajstić information content (AvgIpc) is 3.15. The smallest absolute Gasteiger partial charge is 0.273 e. The van der Waals surface area contributed by atoms with Gasteiger partial charge in [-0.15, -0.1) is 11.3 Å². The number of amides is 1. The minimum Gasteiger partial charge on any atom is -0.487 e. The Labute approximate surface area is 166 Å². The average molecular weight is 397 g/mol. The molecule has 3 aromatic rings. The van der Waals surface area contributed by atoms with Crippen molar-refractivity contribution in [2.75, 3.05) is 4.90 Å². The van der Waals surface area contributed by atoms with E-state index >= 15 is 0 Å². The maximum Gasteiger partial charge on any atom is 0.273 e. The topological polar surface area (TPSA) is 85.6 Å². The number of nitro groups is 1. The van der Waals surface area contributed by atoms with Crippen molar-refractivity contribution in [3.63, 3.8) is 0 Å². The Kier molecular flexibility index (Phi) is 6.00. The number of aryl methyl sites for hydroxylation is 1. The summed E-state index contributed by atoms with van der Waals surface area (Å²) in [4.78, 5) is 28.8. The van der Waals surface area contributed by atoms with E-state index in [1.165, 1.54) is 30.4 Å². The Balaban J connectivity index is 1.79. The zero-order valence-electron chi connectivity index (χ0n) is 15.5. The van der Waals surface area contributed by atoms with Crippen molar-refractivity contribution in [3.05, 3.63) is 75.3 Å². The fourth-order valence-corrected chi connectivity index (χ4v) is 3.61. The summed E-state index contributed by atoms with van der Waals surface area (Å²) < 4.78 is 5.62. The molecule has 1 heterocycles. The number of nitro benzene ring substituents is 1. The van der Waals surface area contributed by atoms with Crippen LogP contribution in [0.15, 0.2) is 53.9 Å². The summed E-state index contributed by atoms with van der Waals surface area (Å²) in [5, 5.41) is 13.2.